The highest BCUT2D eigenvalue weighted by Crippen LogP contribution is 2.15. The number of imidazole rings is 1. The number of hydrogen-bond donors (Lipinski definition) is 2. The van der Waals surface area contributed by atoms with E-state index in [0.717, 1.165) is 24.1 Å². The number of ether oxygens (including phenoxy) is 1. The van der Waals surface area contributed by atoms with E-state index in [2.05, 4.69) is 22.2 Å². The van der Waals surface area contributed by atoms with Crippen molar-refractivity contribution in [2.24, 2.45) is 0 Å². The molecule has 90 valence electrons. The van der Waals surface area contributed by atoms with Crippen molar-refractivity contribution in [2.45, 2.75) is 37.1 Å². The van der Waals surface area contributed by atoms with Gasteiger partial charge in [-0.05, 0) is 19.8 Å². The fraction of sp³-hybridized carbons (Fsp3) is 0.727. The molecule has 0 saturated carbocycles. The zero-order chi connectivity index (χ0) is 11.2. The molecule has 0 amide bonds. The topological polar surface area (TPSA) is 49.9 Å². The van der Waals surface area contributed by atoms with Gasteiger partial charge in [-0.25, -0.2) is 4.98 Å². The Kier molecular flexibility index (Phi) is 4.69. The summed E-state index contributed by atoms with van der Waals surface area (Å²) in [7, 11) is 0. The van der Waals surface area contributed by atoms with E-state index < -0.39 is 0 Å². The van der Waals surface area contributed by atoms with Gasteiger partial charge in [-0.15, -0.1) is 0 Å². The number of hydrogen-bond acceptors (Lipinski definition) is 4. The van der Waals surface area contributed by atoms with Crippen LogP contribution in [-0.2, 0) is 4.74 Å². The predicted octanol–water partition coefficient (Wildman–Crippen LogP) is 1.66. The van der Waals surface area contributed by atoms with Crippen molar-refractivity contribution < 1.29 is 4.74 Å². The van der Waals surface area contributed by atoms with Crippen molar-refractivity contribution in [2.75, 3.05) is 18.9 Å². The number of thioether (sulfide) groups is 1. The monoisotopic (exact) mass is 241 g/mol. The zero-order valence-electron chi connectivity index (χ0n) is 9.61. The molecule has 2 N–H and O–H groups in total. The highest BCUT2D eigenvalue weighted by Gasteiger charge is 2.21. The van der Waals surface area contributed by atoms with Gasteiger partial charge in [0.2, 0.25) is 0 Å². The molecule has 1 aliphatic rings. The molecule has 1 fully saturated rings. The van der Waals surface area contributed by atoms with E-state index in [9.17, 15) is 0 Å². The number of rotatable bonds is 6. The second-order valence-electron chi connectivity index (χ2n) is 4.04. The van der Waals surface area contributed by atoms with E-state index in [1.807, 2.05) is 6.20 Å². The summed E-state index contributed by atoms with van der Waals surface area (Å²) in [6, 6.07) is 0.458. The van der Waals surface area contributed by atoms with Crippen molar-refractivity contribution in [1.82, 2.24) is 15.3 Å². The first kappa shape index (κ1) is 12.0. The van der Waals surface area contributed by atoms with E-state index in [0.29, 0.717) is 12.1 Å². The van der Waals surface area contributed by atoms with Crippen LogP contribution in [0.2, 0.25) is 0 Å². The second kappa shape index (κ2) is 6.27. The van der Waals surface area contributed by atoms with Crippen LogP contribution < -0.4 is 5.32 Å². The molecule has 2 heterocycles. The van der Waals surface area contributed by atoms with E-state index in [1.165, 1.54) is 12.8 Å². The third-order valence-corrected chi connectivity index (χ3v) is 3.71. The first-order chi connectivity index (χ1) is 7.86. The van der Waals surface area contributed by atoms with Gasteiger partial charge in [0.1, 0.15) is 0 Å². The number of nitrogens with one attached hydrogen (secondary N) is 2. The predicted molar refractivity (Wildman–Crippen MR) is 65.8 cm³/mol. The SMILES string of the molecule is CC(NCCSc1ncc[nH]1)C1CCCO1. The van der Waals surface area contributed by atoms with Gasteiger partial charge in [0.25, 0.3) is 0 Å². The molecule has 2 unspecified atom stereocenters. The van der Waals surface area contributed by atoms with Gasteiger partial charge in [-0.3, -0.25) is 0 Å². The Balaban J connectivity index is 1.57. The van der Waals surface area contributed by atoms with Crippen LogP contribution in [0.5, 0.6) is 0 Å². The quantitative estimate of drug-likeness (QED) is 0.587. The fourth-order valence-electron chi connectivity index (χ4n) is 1.89. The minimum atomic E-state index is 0.411. The molecule has 1 saturated heterocycles. The lowest BCUT2D eigenvalue weighted by Gasteiger charge is -2.19. The summed E-state index contributed by atoms with van der Waals surface area (Å²) in [6.07, 6.45) is 6.45. The maximum Gasteiger partial charge on any atom is 0.165 e. The molecule has 1 aliphatic heterocycles. The highest BCUT2D eigenvalue weighted by molar-refractivity contribution is 7.99. The first-order valence-corrected chi connectivity index (χ1v) is 6.82. The number of nitrogens with zero attached hydrogens (tertiary/aromatic N) is 1. The van der Waals surface area contributed by atoms with Gasteiger partial charge in [-0.1, -0.05) is 11.8 Å². The summed E-state index contributed by atoms with van der Waals surface area (Å²) < 4.78 is 5.63. The van der Waals surface area contributed by atoms with Gasteiger partial charge in [0, 0.05) is 37.3 Å². The molecule has 16 heavy (non-hydrogen) atoms. The summed E-state index contributed by atoms with van der Waals surface area (Å²) >= 11 is 1.74. The van der Waals surface area contributed by atoms with Crippen LogP contribution in [-0.4, -0.2) is 41.0 Å². The van der Waals surface area contributed by atoms with Gasteiger partial charge < -0.3 is 15.0 Å². The van der Waals surface area contributed by atoms with Crippen LogP contribution in [0.15, 0.2) is 17.6 Å². The van der Waals surface area contributed by atoms with E-state index in [4.69, 9.17) is 4.74 Å². The molecule has 0 radical (unpaired) electrons. The molecule has 1 aromatic heterocycles. The third kappa shape index (κ3) is 3.50. The summed E-state index contributed by atoms with van der Waals surface area (Å²) in [5.41, 5.74) is 0. The first-order valence-electron chi connectivity index (χ1n) is 5.83. The standard InChI is InChI=1S/C11H19N3OS/c1-9(10-3-2-7-15-10)12-6-8-16-11-13-4-5-14-11/h4-5,9-10,12H,2-3,6-8H2,1H3,(H,13,14). The number of aromatic nitrogens is 2. The smallest absolute Gasteiger partial charge is 0.165 e. The van der Waals surface area contributed by atoms with Crippen LogP contribution in [0.25, 0.3) is 0 Å². The molecular formula is C11H19N3OS. The molecular weight excluding hydrogens is 222 g/mol. The van der Waals surface area contributed by atoms with Gasteiger partial charge >= 0.3 is 0 Å². The Morgan fingerprint density at radius 2 is 2.69 bits per heavy atom. The number of aromatic amines is 1. The summed E-state index contributed by atoms with van der Waals surface area (Å²) in [6.45, 7) is 4.12. The van der Waals surface area contributed by atoms with E-state index in [-0.39, 0.29) is 0 Å². The fourth-order valence-corrected chi connectivity index (χ4v) is 2.59. The van der Waals surface area contributed by atoms with Gasteiger partial charge in [-0.2, -0.15) is 0 Å². The van der Waals surface area contributed by atoms with Crippen LogP contribution in [0.3, 0.4) is 0 Å². The maximum absolute atomic E-state index is 5.63. The Morgan fingerprint density at radius 3 is 3.38 bits per heavy atom. The molecule has 2 atom stereocenters. The van der Waals surface area contributed by atoms with Crippen LogP contribution in [0.1, 0.15) is 19.8 Å². The lowest BCUT2D eigenvalue weighted by Crippen LogP contribution is -2.38. The Bertz CT molecular complexity index is 285. The Morgan fingerprint density at radius 1 is 1.75 bits per heavy atom. The van der Waals surface area contributed by atoms with E-state index in [1.54, 1.807) is 18.0 Å². The molecule has 0 aliphatic carbocycles. The van der Waals surface area contributed by atoms with Crippen molar-refractivity contribution in [3.8, 4) is 0 Å². The molecule has 1 aromatic rings. The van der Waals surface area contributed by atoms with E-state index >= 15 is 0 Å². The Labute approximate surface area is 101 Å². The average Bonchev–Trinajstić information content (AvgIpc) is 2.96. The van der Waals surface area contributed by atoms with Gasteiger partial charge in [0.15, 0.2) is 5.16 Å². The molecule has 0 aromatic carbocycles. The van der Waals surface area contributed by atoms with Crippen LogP contribution >= 0.6 is 11.8 Å². The highest BCUT2D eigenvalue weighted by atomic mass is 32.2. The summed E-state index contributed by atoms with van der Waals surface area (Å²) in [5.74, 6) is 1.03. The third-order valence-electron chi connectivity index (χ3n) is 2.80. The molecule has 4 nitrogen and oxygen atoms in total. The molecule has 5 heteroatoms. The lowest BCUT2D eigenvalue weighted by atomic mass is 10.1. The van der Waals surface area contributed by atoms with Crippen LogP contribution in [0, 0.1) is 0 Å². The van der Waals surface area contributed by atoms with Gasteiger partial charge in [0.05, 0.1) is 6.10 Å². The minimum Gasteiger partial charge on any atom is -0.377 e. The zero-order valence-corrected chi connectivity index (χ0v) is 10.4. The Hall–Kier alpha value is -0.520. The molecule has 0 bridgehead atoms. The van der Waals surface area contributed by atoms with Crippen LogP contribution in [0.4, 0.5) is 0 Å². The second-order valence-corrected chi connectivity index (χ2v) is 5.12. The minimum absolute atomic E-state index is 0.411. The summed E-state index contributed by atoms with van der Waals surface area (Å²) in [4.78, 5) is 7.25. The maximum atomic E-state index is 5.63. The molecule has 0 spiro atoms. The van der Waals surface area contributed by atoms with Crippen molar-refractivity contribution in [3.63, 3.8) is 0 Å². The lowest BCUT2D eigenvalue weighted by molar-refractivity contribution is 0.0844. The summed E-state index contributed by atoms with van der Waals surface area (Å²) in [5, 5.41) is 4.49. The average molecular weight is 241 g/mol. The number of H-pyrrole nitrogens is 1. The van der Waals surface area contributed by atoms with Crippen molar-refractivity contribution >= 4 is 11.8 Å². The van der Waals surface area contributed by atoms with Crippen molar-refractivity contribution in [1.29, 1.82) is 0 Å². The molecule has 2 rings (SSSR count). The largest absolute Gasteiger partial charge is 0.377 e. The normalized spacial score (nSPS) is 22.4. The van der Waals surface area contributed by atoms with Crippen molar-refractivity contribution in [3.05, 3.63) is 12.4 Å².